The smallest absolute Gasteiger partial charge is 0.317 e. The summed E-state index contributed by atoms with van der Waals surface area (Å²) >= 11 is 0. The number of carbonyl (C=O) groups is 2. The summed E-state index contributed by atoms with van der Waals surface area (Å²) in [6, 6.07) is 0.693. The van der Waals surface area contributed by atoms with E-state index in [1.54, 1.807) is 0 Å². The highest BCUT2D eigenvalue weighted by molar-refractivity contribution is 5.74. The lowest BCUT2D eigenvalue weighted by Crippen LogP contribution is -2.57. The third kappa shape index (κ3) is 4.61. The van der Waals surface area contributed by atoms with Crippen molar-refractivity contribution in [3.05, 3.63) is 17.5 Å². The quantitative estimate of drug-likeness (QED) is 0.670. The number of carboxylic acid groups (broad SMARTS) is 1. The summed E-state index contributed by atoms with van der Waals surface area (Å²) in [4.78, 5) is 25.2. The Kier molecular flexibility index (Phi) is 6.04. The van der Waals surface area contributed by atoms with E-state index in [0.717, 1.165) is 32.1 Å². The number of amides is 2. The van der Waals surface area contributed by atoms with Crippen LogP contribution in [0.1, 0.15) is 57.3 Å². The molecule has 1 heterocycles. The molecule has 1 fully saturated rings. The maximum atomic E-state index is 12.4. The van der Waals surface area contributed by atoms with Gasteiger partial charge in [-0.3, -0.25) is 14.4 Å². The van der Waals surface area contributed by atoms with Gasteiger partial charge >= 0.3 is 12.0 Å². The standard InChI is InChI=1S/C19H31N5O3/c1-4-23(11-18(25)26)16-7-15(8-16)22-19(27)21-14-6-5-13-10-20-24(12(2)3)17(13)9-14/h10,12,14-16H,4-9,11H2,1-3H3,(H,25,26)(H2,21,22,27). The molecule has 0 radical (unpaired) electrons. The molecule has 0 saturated heterocycles. The SMILES string of the molecule is CCN(CC(=O)O)C1CC(NC(=O)NC2CCc3cnn(C(C)C)c3C2)C1. The van der Waals surface area contributed by atoms with Crippen molar-refractivity contribution in [3.63, 3.8) is 0 Å². The van der Waals surface area contributed by atoms with E-state index in [4.69, 9.17) is 5.11 Å². The normalized spacial score (nSPS) is 24.4. The number of urea groups is 1. The minimum absolute atomic E-state index is 0.0635. The average Bonchev–Trinajstić information content (AvgIpc) is 2.99. The molecule has 8 nitrogen and oxygen atoms in total. The van der Waals surface area contributed by atoms with E-state index >= 15 is 0 Å². The van der Waals surface area contributed by atoms with Crippen molar-refractivity contribution in [1.29, 1.82) is 0 Å². The van der Waals surface area contributed by atoms with Crippen molar-refractivity contribution in [3.8, 4) is 0 Å². The molecular formula is C19H31N5O3. The fourth-order valence-corrected chi connectivity index (χ4v) is 4.18. The number of nitrogens with one attached hydrogen (secondary N) is 2. The fraction of sp³-hybridized carbons (Fsp3) is 0.737. The van der Waals surface area contributed by atoms with Crippen LogP contribution in [0.15, 0.2) is 6.20 Å². The summed E-state index contributed by atoms with van der Waals surface area (Å²) in [5.41, 5.74) is 2.53. The van der Waals surface area contributed by atoms with E-state index in [1.165, 1.54) is 11.3 Å². The Morgan fingerprint density at radius 1 is 1.33 bits per heavy atom. The van der Waals surface area contributed by atoms with Crippen LogP contribution in [-0.4, -0.2) is 63.0 Å². The number of hydrogen-bond donors (Lipinski definition) is 3. The lowest BCUT2D eigenvalue weighted by molar-refractivity contribution is -0.139. The zero-order chi connectivity index (χ0) is 19.6. The van der Waals surface area contributed by atoms with Crippen molar-refractivity contribution in [1.82, 2.24) is 25.3 Å². The van der Waals surface area contributed by atoms with Crippen molar-refractivity contribution in [2.24, 2.45) is 0 Å². The highest BCUT2D eigenvalue weighted by Gasteiger charge is 2.35. The van der Waals surface area contributed by atoms with Crippen molar-refractivity contribution in [2.45, 2.75) is 77.0 Å². The first-order chi connectivity index (χ1) is 12.9. The van der Waals surface area contributed by atoms with Gasteiger partial charge in [0.2, 0.25) is 0 Å². The fourth-order valence-electron chi connectivity index (χ4n) is 4.18. The molecule has 3 rings (SSSR count). The zero-order valence-electron chi connectivity index (χ0n) is 16.4. The van der Waals surface area contributed by atoms with Crippen LogP contribution in [0, 0.1) is 0 Å². The number of aliphatic carboxylic acids is 1. The molecule has 2 aliphatic carbocycles. The van der Waals surface area contributed by atoms with Crippen LogP contribution >= 0.6 is 0 Å². The molecule has 3 N–H and O–H groups in total. The Hall–Kier alpha value is -2.09. The summed E-state index contributed by atoms with van der Waals surface area (Å²) in [6.45, 7) is 6.98. The molecule has 0 aliphatic heterocycles. The van der Waals surface area contributed by atoms with E-state index in [1.807, 2.05) is 18.0 Å². The molecule has 1 aromatic rings. The monoisotopic (exact) mass is 377 g/mol. The molecule has 150 valence electrons. The summed E-state index contributed by atoms with van der Waals surface area (Å²) in [5.74, 6) is -0.802. The van der Waals surface area contributed by atoms with Crippen LogP contribution < -0.4 is 10.6 Å². The van der Waals surface area contributed by atoms with E-state index < -0.39 is 5.97 Å². The van der Waals surface area contributed by atoms with Crippen LogP contribution in [0.25, 0.3) is 0 Å². The number of nitrogens with zero attached hydrogens (tertiary/aromatic N) is 3. The number of hydrogen-bond acceptors (Lipinski definition) is 4. The predicted molar refractivity (Wildman–Crippen MR) is 102 cm³/mol. The molecule has 2 amide bonds. The number of carboxylic acids is 1. The van der Waals surface area contributed by atoms with Crippen molar-refractivity contribution >= 4 is 12.0 Å². The number of rotatable bonds is 7. The van der Waals surface area contributed by atoms with Gasteiger partial charge in [-0.25, -0.2) is 4.79 Å². The van der Waals surface area contributed by atoms with E-state index in [-0.39, 0.29) is 30.7 Å². The molecule has 2 aliphatic rings. The number of fused-ring (bicyclic) bond motifs is 1. The lowest BCUT2D eigenvalue weighted by atomic mass is 9.85. The van der Waals surface area contributed by atoms with Crippen LogP contribution in [0.2, 0.25) is 0 Å². The summed E-state index contributed by atoms with van der Waals surface area (Å²) in [5, 5.41) is 19.6. The third-order valence-corrected chi connectivity index (χ3v) is 5.72. The Bertz CT molecular complexity index is 681. The van der Waals surface area contributed by atoms with Gasteiger partial charge in [0, 0.05) is 36.3 Å². The van der Waals surface area contributed by atoms with Gasteiger partial charge < -0.3 is 15.7 Å². The summed E-state index contributed by atoms with van der Waals surface area (Å²) in [6.07, 6.45) is 6.26. The molecule has 8 heteroatoms. The molecule has 0 spiro atoms. The van der Waals surface area contributed by atoms with Gasteiger partial charge in [-0.2, -0.15) is 5.10 Å². The zero-order valence-corrected chi connectivity index (χ0v) is 16.4. The molecule has 1 aromatic heterocycles. The van der Waals surface area contributed by atoms with Gasteiger partial charge in [0.05, 0.1) is 12.7 Å². The Labute approximate surface area is 160 Å². The third-order valence-electron chi connectivity index (χ3n) is 5.72. The lowest BCUT2D eigenvalue weighted by Gasteiger charge is -2.42. The topological polar surface area (TPSA) is 99.5 Å². The highest BCUT2D eigenvalue weighted by atomic mass is 16.4. The minimum Gasteiger partial charge on any atom is -0.480 e. The first kappa shape index (κ1) is 19.7. The maximum absolute atomic E-state index is 12.4. The van der Waals surface area contributed by atoms with Gasteiger partial charge in [-0.1, -0.05) is 6.92 Å². The number of aromatic nitrogens is 2. The number of likely N-dealkylation sites (N-methyl/N-ethyl adjacent to an activating group) is 1. The second-order valence-electron chi connectivity index (χ2n) is 7.99. The number of carbonyl (C=O) groups excluding carboxylic acids is 1. The molecule has 27 heavy (non-hydrogen) atoms. The van der Waals surface area contributed by atoms with Crippen molar-refractivity contribution < 1.29 is 14.7 Å². The van der Waals surface area contributed by atoms with Crippen LogP contribution in [0.4, 0.5) is 4.79 Å². The minimum atomic E-state index is -0.802. The Balaban J connectivity index is 1.44. The highest BCUT2D eigenvalue weighted by Crippen LogP contribution is 2.26. The average molecular weight is 377 g/mol. The molecule has 1 unspecified atom stereocenters. The summed E-state index contributed by atoms with van der Waals surface area (Å²) in [7, 11) is 0. The van der Waals surface area contributed by atoms with Crippen LogP contribution in [-0.2, 0) is 17.6 Å². The van der Waals surface area contributed by atoms with Gasteiger partial charge in [0.15, 0.2) is 0 Å². The van der Waals surface area contributed by atoms with Crippen molar-refractivity contribution in [2.75, 3.05) is 13.1 Å². The Morgan fingerprint density at radius 3 is 2.67 bits per heavy atom. The molecule has 1 saturated carbocycles. The van der Waals surface area contributed by atoms with E-state index in [2.05, 4.69) is 34.3 Å². The first-order valence-electron chi connectivity index (χ1n) is 9.95. The van der Waals surface area contributed by atoms with Gasteiger partial charge in [-0.05, 0) is 51.6 Å². The van der Waals surface area contributed by atoms with Gasteiger partial charge in [-0.15, -0.1) is 0 Å². The maximum Gasteiger partial charge on any atom is 0.317 e. The molecule has 1 atom stereocenters. The second kappa shape index (κ2) is 8.29. The molecule has 0 aromatic carbocycles. The van der Waals surface area contributed by atoms with Gasteiger partial charge in [0.25, 0.3) is 0 Å². The van der Waals surface area contributed by atoms with Crippen LogP contribution in [0.3, 0.4) is 0 Å². The number of aryl methyl sites for hydroxylation is 1. The largest absolute Gasteiger partial charge is 0.480 e. The second-order valence-corrected chi connectivity index (χ2v) is 7.99. The predicted octanol–water partition coefficient (Wildman–Crippen LogP) is 1.56. The molecular weight excluding hydrogens is 346 g/mol. The van der Waals surface area contributed by atoms with E-state index in [0.29, 0.717) is 12.6 Å². The van der Waals surface area contributed by atoms with Crippen LogP contribution in [0.5, 0.6) is 0 Å². The van der Waals surface area contributed by atoms with E-state index in [9.17, 15) is 9.59 Å². The summed E-state index contributed by atoms with van der Waals surface area (Å²) < 4.78 is 2.05. The Morgan fingerprint density at radius 2 is 2.04 bits per heavy atom. The van der Waals surface area contributed by atoms with Gasteiger partial charge in [0.1, 0.15) is 0 Å². The molecule has 0 bridgehead atoms. The first-order valence-corrected chi connectivity index (χ1v) is 9.95.